The van der Waals surface area contributed by atoms with E-state index in [2.05, 4.69) is 15.6 Å². The lowest BCUT2D eigenvalue weighted by atomic mass is 10.1. The number of carbonyl (C=O) groups is 1. The van der Waals surface area contributed by atoms with Crippen LogP contribution in [-0.4, -0.2) is 49.7 Å². The molecule has 2 amide bonds. The van der Waals surface area contributed by atoms with Crippen LogP contribution in [0.2, 0.25) is 0 Å². The molecule has 0 aliphatic carbocycles. The monoisotopic (exact) mass is 331 g/mol. The van der Waals surface area contributed by atoms with Gasteiger partial charge < -0.3 is 15.3 Å². The lowest BCUT2D eigenvalue weighted by molar-refractivity contribution is 0.0476. The van der Waals surface area contributed by atoms with Crippen molar-refractivity contribution in [2.45, 2.75) is 39.3 Å². The third kappa shape index (κ3) is 4.79. The second-order valence-electron chi connectivity index (χ2n) is 6.42. The van der Waals surface area contributed by atoms with Gasteiger partial charge in [0.2, 0.25) is 0 Å². The van der Waals surface area contributed by atoms with E-state index in [-0.39, 0.29) is 18.6 Å². The fraction of sp³-hybridized carbons (Fsp3) is 0.471. The van der Waals surface area contributed by atoms with Crippen LogP contribution in [0.15, 0.2) is 36.5 Å². The van der Waals surface area contributed by atoms with Crippen molar-refractivity contribution in [2.75, 3.05) is 13.1 Å². The Bertz CT molecular complexity index is 663. The lowest BCUT2D eigenvalue weighted by Gasteiger charge is -2.29. The predicted molar refractivity (Wildman–Crippen MR) is 91.9 cm³/mol. The Morgan fingerprint density at radius 1 is 1.38 bits per heavy atom. The summed E-state index contributed by atoms with van der Waals surface area (Å²) in [7, 11) is 0. The van der Waals surface area contributed by atoms with Crippen molar-refractivity contribution < 1.29 is 9.90 Å². The fourth-order valence-corrected chi connectivity index (χ4v) is 2.33. The van der Waals surface area contributed by atoms with Crippen molar-refractivity contribution in [1.29, 1.82) is 0 Å². The minimum atomic E-state index is -0.937. The summed E-state index contributed by atoms with van der Waals surface area (Å²) in [6, 6.07) is 9.14. The summed E-state index contributed by atoms with van der Waals surface area (Å²) in [6.07, 6.45) is 1.80. The average Bonchev–Trinajstić information content (AvgIpc) is 3.02. The fourth-order valence-electron chi connectivity index (χ4n) is 2.33. The van der Waals surface area contributed by atoms with Crippen LogP contribution < -0.4 is 5.32 Å². The zero-order valence-electron chi connectivity index (χ0n) is 14.6. The molecule has 0 aliphatic heterocycles. The van der Waals surface area contributed by atoms with Crippen molar-refractivity contribution in [3.8, 4) is 5.69 Å². The summed E-state index contributed by atoms with van der Waals surface area (Å²) >= 11 is 0. The highest BCUT2D eigenvalue weighted by Crippen LogP contribution is 2.13. The molecule has 2 aromatic rings. The van der Waals surface area contributed by atoms with Crippen molar-refractivity contribution in [3.05, 3.63) is 42.2 Å². The van der Waals surface area contributed by atoms with E-state index in [4.69, 9.17) is 0 Å². The van der Waals surface area contributed by atoms with Crippen LogP contribution in [0.25, 0.3) is 5.69 Å². The zero-order valence-corrected chi connectivity index (χ0v) is 14.6. The number of para-hydroxylation sites is 1. The molecule has 0 saturated carbocycles. The summed E-state index contributed by atoms with van der Waals surface area (Å²) < 4.78 is 1.67. The molecule has 2 rings (SSSR count). The molecule has 1 atom stereocenters. The standard InChI is InChI=1S/C17H25N5O2/c1-5-21(12-17(3,4)24)16(23)18-13(2)15-11-22(20-19-15)14-9-7-6-8-10-14/h6-11,13,24H,5,12H2,1-4H3,(H,18,23). The van der Waals surface area contributed by atoms with E-state index in [0.717, 1.165) is 5.69 Å². The van der Waals surface area contributed by atoms with Crippen molar-refractivity contribution >= 4 is 6.03 Å². The number of nitrogens with zero attached hydrogens (tertiary/aromatic N) is 4. The molecule has 1 aromatic heterocycles. The molecule has 0 aliphatic rings. The van der Waals surface area contributed by atoms with Gasteiger partial charge in [0, 0.05) is 6.54 Å². The predicted octanol–water partition coefficient (Wildman–Crippen LogP) is 2.13. The molecule has 7 nitrogen and oxygen atoms in total. The van der Waals surface area contributed by atoms with Crippen LogP contribution in [0, 0.1) is 0 Å². The number of nitrogens with one attached hydrogen (secondary N) is 1. The minimum absolute atomic E-state index is 0.235. The van der Waals surface area contributed by atoms with Crippen LogP contribution in [0.3, 0.4) is 0 Å². The van der Waals surface area contributed by atoms with Gasteiger partial charge in [-0.05, 0) is 39.8 Å². The number of rotatable bonds is 6. The molecule has 1 heterocycles. The Labute approximate surface area is 142 Å². The Morgan fingerprint density at radius 2 is 2.04 bits per heavy atom. The normalized spacial score (nSPS) is 12.7. The van der Waals surface area contributed by atoms with Gasteiger partial charge in [-0.3, -0.25) is 0 Å². The average molecular weight is 331 g/mol. The molecule has 7 heteroatoms. The van der Waals surface area contributed by atoms with E-state index >= 15 is 0 Å². The number of urea groups is 1. The highest BCUT2D eigenvalue weighted by atomic mass is 16.3. The molecule has 0 radical (unpaired) electrons. The van der Waals surface area contributed by atoms with Crippen LogP contribution in [-0.2, 0) is 0 Å². The number of likely N-dealkylation sites (N-methyl/N-ethyl adjacent to an activating group) is 1. The summed E-state index contributed by atoms with van der Waals surface area (Å²) in [6.45, 7) is 7.87. The highest BCUT2D eigenvalue weighted by molar-refractivity contribution is 5.74. The molecule has 1 unspecified atom stereocenters. The summed E-state index contributed by atoms with van der Waals surface area (Å²) in [5.74, 6) is 0. The maximum Gasteiger partial charge on any atom is 0.318 e. The lowest BCUT2D eigenvalue weighted by Crippen LogP contribution is -2.47. The Hall–Kier alpha value is -2.41. The maximum absolute atomic E-state index is 12.4. The number of amides is 2. The van der Waals surface area contributed by atoms with E-state index in [9.17, 15) is 9.90 Å². The maximum atomic E-state index is 12.4. The van der Waals surface area contributed by atoms with E-state index in [1.807, 2.05) is 44.2 Å². The molecular weight excluding hydrogens is 306 g/mol. The van der Waals surface area contributed by atoms with Crippen molar-refractivity contribution in [3.63, 3.8) is 0 Å². The quantitative estimate of drug-likeness (QED) is 0.849. The first-order valence-electron chi connectivity index (χ1n) is 8.05. The molecule has 130 valence electrons. The minimum Gasteiger partial charge on any atom is -0.389 e. The van der Waals surface area contributed by atoms with Gasteiger partial charge in [-0.25, -0.2) is 9.48 Å². The second-order valence-corrected chi connectivity index (χ2v) is 6.42. The van der Waals surface area contributed by atoms with Crippen LogP contribution in [0.4, 0.5) is 4.79 Å². The topological polar surface area (TPSA) is 83.3 Å². The number of hydrogen-bond donors (Lipinski definition) is 2. The number of aromatic nitrogens is 3. The van der Waals surface area contributed by atoms with Gasteiger partial charge in [0.1, 0.15) is 5.69 Å². The number of benzene rings is 1. The first-order valence-corrected chi connectivity index (χ1v) is 8.05. The Balaban J connectivity index is 2.03. The van der Waals surface area contributed by atoms with Crippen molar-refractivity contribution in [2.24, 2.45) is 0 Å². The van der Waals surface area contributed by atoms with Gasteiger partial charge in [-0.2, -0.15) is 0 Å². The Kier molecular flexibility index (Phi) is 5.56. The molecule has 0 spiro atoms. The van der Waals surface area contributed by atoms with Gasteiger partial charge >= 0.3 is 6.03 Å². The second kappa shape index (κ2) is 7.44. The third-order valence-electron chi connectivity index (χ3n) is 3.56. The summed E-state index contributed by atoms with van der Waals surface area (Å²) in [4.78, 5) is 13.9. The molecule has 0 fully saturated rings. The largest absolute Gasteiger partial charge is 0.389 e. The van der Waals surface area contributed by atoms with Gasteiger partial charge in [0.25, 0.3) is 0 Å². The molecule has 0 bridgehead atoms. The summed E-state index contributed by atoms with van der Waals surface area (Å²) in [5.41, 5.74) is 0.644. The van der Waals surface area contributed by atoms with Crippen LogP contribution >= 0.6 is 0 Å². The van der Waals surface area contributed by atoms with Crippen molar-refractivity contribution in [1.82, 2.24) is 25.2 Å². The molecule has 2 N–H and O–H groups in total. The van der Waals surface area contributed by atoms with Gasteiger partial charge in [0.15, 0.2) is 0 Å². The van der Waals surface area contributed by atoms with E-state index in [1.54, 1.807) is 29.6 Å². The SMILES string of the molecule is CCN(CC(C)(C)O)C(=O)NC(C)c1cn(-c2ccccc2)nn1. The molecule has 24 heavy (non-hydrogen) atoms. The van der Waals surface area contributed by atoms with Crippen LogP contribution in [0.5, 0.6) is 0 Å². The van der Waals surface area contributed by atoms with Gasteiger partial charge in [0.05, 0.1) is 30.1 Å². The number of hydrogen-bond acceptors (Lipinski definition) is 4. The number of aliphatic hydroxyl groups is 1. The highest BCUT2D eigenvalue weighted by Gasteiger charge is 2.23. The van der Waals surface area contributed by atoms with E-state index < -0.39 is 5.60 Å². The van der Waals surface area contributed by atoms with Gasteiger partial charge in [-0.1, -0.05) is 23.4 Å². The smallest absolute Gasteiger partial charge is 0.318 e. The molecule has 1 aromatic carbocycles. The van der Waals surface area contributed by atoms with Gasteiger partial charge in [-0.15, -0.1) is 5.10 Å². The Morgan fingerprint density at radius 3 is 2.62 bits per heavy atom. The molecular formula is C17H25N5O2. The third-order valence-corrected chi connectivity index (χ3v) is 3.56. The summed E-state index contributed by atoms with van der Waals surface area (Å²) in [5, 5.41) is 21.0. The zero-order chi connectivity index (χ0) is 17.7. The van der Waals surface area contributed by atoms with Crippen LogP contribution in [0.1, 0.15) is 39.4 Å². The first kappa shape index (κ1) is 17.9. The van der Waals surface area contributed by atoms with E-state index in [1.165, 1.54) is 0 Å². The van der Waals surface area contributed by atoms with E-state index in [0.29, 0.717) is 12.2 Å². The first-order chi connectivity index (χ1) is 11.3. The molecule has 0 saturated heterocycles. The number of carbonyl (C=O) groups excluding carboxylic acids is 1.